The van der Waals surface area contributed by atoms with E-state index in [4.69, 9.17) is 4.74 Å². The number of hydrogen-bond acceptors (Lipinski definition) is 4. The average molecular weight is 367 g/mol. The molecular formula is C21H25N3O3. The van der Waals surface area contributed by atoms with Crippen LogP contribution in [0.4, 0.5) is 11.4 Å². The predicted octanol–water partition coefficient (Wildman–Crippen LogP) is 2.98. The minimum absolute atomic E-state index is 0.0151. The first-order chi connectivity index (χ1) is 13.2. The van der Waals surface area contributed by atoms with Gasteiger partial charge in [-0.25, -0.2) is 0 Å². The van der Waals surface area contributed by atoms with Crippen molar-refractivity contribution in [3.8, 4) is 5.75 Å². The maximum atomic E-state index is 12.4. The fourth-order valence-electron chi connectivity index (χ4n) is 3.26. The summed E-state index contributed by atoms with van der Waals surface area (Å²) in [5.41, 5.74) is 1.49. The van der Waals surface area contributed by atoms with E-state index in [1.807, 2.05) is 54.6 Å². The first kappa shape index (κ1) is 18.9. The molecule has 2 amide bonds. The third-order valence-electron chi connectivity index (χ3n) is 4.75. The Morgan fingerprint density at radius 1 is 1.00 bits per heavy atom. The average Bonchev–Trinajstić information content (AvgIpc) is 2.69. The summed E-state index contributed by atoms with van der Waals surface area (Å²) in [5, 5.41) is 5.85. The van der Waals surface area contributed by atoms with Crippen LogP contribution in [0.3, 0.4) is 0 Å². The van der Waals surface area contributed by atoms with Crippen LogP contribution in [0.1, 0.15) is 12.8 Å². The van der Waals surface area contributed by atoms with Gasteiger partial charge in [-0.1, -0.05) is 30.3 Å². The molecule has 0 spiro atoms. The third kappa shape index (κ3) is 5.31. The molecule has 0 atom stereocenters. The summed E-state index contributed by atoms with van der Waals surface area (Å²) >= 11 is 0. The molecule has 6 nitrogen and oxygen atoms in total. The van der Waals surface area contributed by atoms with Gasteiger partial charge in [0.05, 0.1) is 19.3 Å². The number of para-hydroxylation sites is 3. The molecule has 0 aliphatic carbocycles. The van der Waals surface area contributed by atoms with E-state index < -0.39 is 0 Å². The standard InChI is InChI=1S/C21H25N3O3/c1-27-19-10-6-5-9-18(19)23-20(25)15-24-13-11-16(12-14-24)21(26)22-17-7-3-2-4-8-17/h2-10,16H,11-15H2,1H3,(H,22,26)(H,23,25). The number of nitrogens with zero attached hydrogens (tertiary/aromatic N) is 1. The number of ether oxygens (including phenoxy) is 1. The Morgan fingerprint density at radius 2 is 1.67 bits per heavy atom. The van der Waals surface area contributed by atoms with E-state index in [1.165, 1.54) is 0 Å². The van der Waals surface area contributed by atoms with Crippen LogP contribution in [-0.2, 0) is 9.59 Å². The molecule has 1 aliphatic rings. The van der Waals surface area contributed by atoms with Crippen molar-refractivity contribution < 1.29 is 14.3 Å². The van der Waals surface area contributed by atoms with Crippen LogP contribution in [0.15, 0.2) is 54.6 Å². The lowest BCUT2D eigenvalue weighted by atomic mass is 9.96. The predicted molar refractivity (Wildman–Crippen MR) is 106 cm³/mol. The van der Waals surface area contributed by atoms with E-state index in [0.717, 1.165) is 31.6 Å². The van der Waals surface area contributed by atoms with E-state index in [1.54, 1.807) is 7.11 Å². The molecule has 0 saturated carbocycles. The van der Waals surface area contributed by atoms with Crippen LogP contribution in [0.25, 0.3) is 0 Å². The number of piperidine rings is 1. The minimum Gasteiger partial charge on any atom is -0.495 e. The SMILES string of the molecule is COc1ccccc1NC(=O)CN1CCC(C(=O)Nc2ccccc2)CC1. The van der Waals surface area contributed by atoms with Crippen molar-refractivity contribution in [3.05, 3.63) is 54.6 Å². The molecule has 3 rings (SSSR count). The summed E-state index contributed by atoms with van der Waals surface area (Å²) in [6, 6.07) is 16.8. The van der Waals surface area contributed by atoms with Crippen LogP contribution in [-0.4, -0.2) is 43.5 Å². The Labute approximate surface area is 159 Å². The van der Waals surface area contributed by atoms with Crippen molar-refractivity contribution in [2.24, 2.45) is 5.92 Å². The van der Waals surface area contributed by atoms with Crippen LogP contribution >= 0.6 is 0 Å². The number of amides is 2. The molecule has 0 radical (unpaired) electrons. The van der Waals surface area contributed by atoms with E-state index in [2.05, 4.69) is 15.5 Å². The van der Waals surface area contributed by atoms with Crippen molar-refractivity contribution in [2.45, 2.75) is 12.8 Å². The van der Waals surface area contributed by atoms with Gasteiger partial charge in [0, 0.05) is 11.6 Å². The van der Waals surface area contributed by atoms with Crippen LogP contribution < -0.4 is 15.4 Å². The van der Waals surface area contributed by atoms with Crippen molar-refractivity contribution in [1.29, 1.82) is 0 Å². The molecule has 1 fully saturated rings. The quantitative estimate of drug-likeness (QED) is 0.823. The Balaban J connectivity index is 1.45. The summed E-state index contributed by atoms with van der Waals surface area (Å²) < 4.78 is 5.25. The molecule has 1 heterocycles. The number of anilines is 2. The molecule has 0 bridgehead atoms. The number of carbonyl (C=O) groups is 2. The lowest BCUT2D eigenvalue weighted by molar-refractivity contribution is -0.121. The van der Waals surface area contributed by atoms with Gasteiger partial charge in [-0.15, -0.1) is 0 Å². The molecule has 0 aromatic heterocycles. The second-order valence-electron chi connectivity index (χ2n) is 6.65. The van der Waals surface area contributed by atoms with Crippen molar-refractivity contribution >= 4 is 23.2 Å². The van der Waals surface area contributed by atoms with Crippen molar-refractivity contribution in [2.75, 3.05) is 37.4 Å². The van der Waals surface area contributed by atoms with E-state index in [9.17, 15) is 9.59 Å². The van der Waals surface area contributed by atoms with Gasteiger partial charge in [0.15, 0.2) is 0 Å². The van der Waals surface area contributed by atoms with Gasteiger partial charge in [0.25, 0.3) is 0 Å². The summed E-state index contributed by atoms with van der Waals surface area (Å²) in [5.74, 6) is 0.604. The zero-order valence-electron chi connectivity index (χ0n) is 15.5. The minimum atomic E-state index is -0.0771. The molecule has 142 valence electrons. The van der Waals surface area contributed by atoms with E-state index in [-0.39, 0.29) is 17.7 Å². The Hall–Kier alpha value is -2.86. The first-order valence-electron chi connectivity index (χ1n) is 9.17. The molecule has 6 heteroatoms. The number of nitrogens with one attached hydrogen (secondary N) is 2. The van der Waals surface area contributed by atoms with Crippen molar-refractivity contribution in [3.63, 3.8) is 0 Å². The Morgan fingerprint density at radius 3 is 2.37 bits per heavy atom. The first-order valence-corrected chi connectivity index (χ1v) is 9.17. The summed E-state index contributed by atoms with van der Waals surface area (Å²) in [6.45, 7) is 1.77. The monoisotopic (exact) mass is 367 g/mol. The number of likely N-dealkylation sites (tertiary alicyclic amines) is 1. The maximum Gasteiger partial charge on any atom is 0.238 e. The Bertz CT molecular complexity index is 771. The van der Waals surface area contributed by atoms with Crippen molar-refractivity contribution in [1.82, 2.24) is 4.90 Å². The molecule has 0 unspecified atom stereocenters. The normalized spacial score (nSPS) is 15.1. The molecule has 2 aromatic rings. The highest BCUT2D eigenvalue weighted by Gasteiger charge is 2.26. The molecule has 2 N–H and O–H groups in total. The molecule has 1 saturated heterocycles. The second kappa shape index (κ2) is 9.19. The zero-order chi connectivity index (χ0) is 19.1. The number of benzene rings is 2. The fourth-order valence-corrected chi connectivity index (χ4v) is 3.26. The summed E-state index contributed by atoms with van der Waals surface area (Å²) in [6.07, 6.45) is 1.50. The highest BCUT2D eigenvalue weighted by molar-refractivity contribution is 5.94. The van der Waals surface area contributed by atoms with Gasteiger partial charge in [-0.05, 0) is 50.2 Å². The summed E-state index contributed by atoms with van der Waals surface area (Å²) in [7, 11) is 1.58. The molecule has 27 heavy (non-hydrogen) atoms. The topological polar surface area (TPSA) is 70.7 Å². The highest BCUT2D eigenvalue weighted by Crippen LogP contribution is 2.23. The zero-order valence-corrected chi connectivity index (χ0v) is 15.5. The molecule has 1 aliphatic heterocycles. The highest BCUT2D eigenvalue weighted by atomic mass is 16.5. The lowest BCUT2D eigenvalue weighted by Crippen LogP contribution is -2.41. The molecular weight excluding hydrogens is 342 g/mol. The van der Waals surface area contributed by atoms with Gasteiger partial charge >= 0.3 is 0 Å². The van der Waals surface area contributed by atoms with Crippen LogP contribution in [0, 0.1) is 5.92 Å². The van der Waals surface area contributed by atoms with Gasteiger partial charge in [-0.2, -0.15) is 0 Å². The summed E-state index contributed by atoms with van der Waals surface area (Å²) in [4.78, 5) is 26.8. The smallest absolute Gasteiger partial charge is 0.238 e. The van der Waals surface area contributed by atoms with Gasteiger partial charge in [0.2, 0.25) is 11.8 Å². The van der Waals surface area contributed by atoms with Crippen LogP contribution in [0.5, 0.6) is 5.75 Å². The largest absolute Gasteiger partial charge is 0.495 e. The number of hydrogen-bond donors (Lipinski definition) is 2. The van der Waals surface area contributed by atoms with Gasteiger partial charge in [0.1, 0.15) is 5.75 Å². The van der Waals surface area contributed by atoms with E-state index >= 15 is 0 Å². The number of methoxy groups -OCH3 is 1. The number of carbonyl (C=O) groups excluding carboxylic acids is 2. The Kier molecular flexibility index (Phi) is 6.44. The number of rotatable bonds is 6. The molecule has 2 aromatic carbocycles. The second-order valence-corrected chi connectivity index (χ2v) is 6.65. The fraction of sp³-hybridized carbons (Fsp3) is 0.333. The van der Waals surface area contributed by atoms with E-state index in [0.29, 0.717) is 18.0 Å². The lowest BCUT2D eigenvalue weighted by Gasteiger charge is -2.30. The van der Waals surface area contributed by atoms with Gasteiger partial charge in [-0.3, -0.25) is 14.5 Å². The third-order valence-corrected chi connectivity index (χ3v) is 4.75. The van der Waals surface area contributed by atoms with Gasteiger partial charge < -0.3 is 15.4 Å². The maximum absolute atomic E-state index is 12.4. The van der Waals surface area contributed by atoms with Crippen LogP contribution in [0.2, 0.25) is 0 Å².